The predicted molar refractivity (Wildman–Crippen MR) is 77.5 cm³/mol. The highest BCUT2D eigenvalue weighted by Crippen LogP contribution is 2.26. The van der Waals surface area contributed by atoms with E-state index in [0.29, 0.717) is 28.8 Å². The zero-order valence-corrected chi connectivity index (χ0v) is 12.6. The summed E-state index contributed by atoms with van der Waals surface area (Å²) in [4.78, 5) is 11.7. The van der Waals surface area contributed by atoms with Crippen molar-refractivity contribution >= 4 is 29.1 Å². The molecule has 7 heteroatoms. The lowest BCUT2D eigenvalue weighted by molar-refractivity contribution is -0.124. The lowest BCUT2D eigenvalue weighted by Gasteiger charge is -2.17. The molecule has 0 aliphatic heterocycles. The van der Waals surface area contributed by atoms with Crippen molar-refractivity contribution in [1.82, 2.24) is 5.32 Å². The summed E-state index contributed by atoms with van der Waals surface area (Å²) in [5, 5.41) is 12.4. The molecule has 1 aromatic carbocycles. The minimum atomic E-state index is -0.299. The van der Waals surface area contributed by atoms with E-state index in [9.17, 15) is 4.79 Å². The van der Waals surface area contributed by atoms with E-state index in [1.165, 1.54) is 13.2 Å². The number of carbonyl (C=O) groups is 1. The number of rotatable bonds is 8. The van der Waals surface area contributed by atoms with Crippen molar-refractivity contribution in [2.75, 3.05) is 26.9 Å². The highest BCUT2D eigenvalue weighted by atomic mass is 35.5. The lowest BCUT2D eigenvalue weighted by atomic mass is 10.2. The zero-order valence-electron chi connectivity index (χ0n) is 11.1. The molecule has 0 radical (unpaired) electrons. The maximum Gasteiger partial charge on any atom is 0.258 e. The molecule has 0 aromatic heterocycles. The fourth-order valence-corrected chi connectivity index (χ4v) is 1.83. The second kappa shape index (κ2) is 9.02. The van der Waals surface area contributed by atoms with Crippen LogP contribution in [0.15, 0.2) is 18.2 Å². The molecule has 1 rings (SSSR count). The van der Waals surface area contributed by atoms with E-state index in [1.807, 2.05) is 0 Å². The highest BCUT2D eigenvalue weighted by Gasteiger charge is 2.12. The number of amides is 1. The quantitative estimate of drug-likeness (QED) is 0.767. The Morgan fingerprint density at radius 1 is 1.40 bits per heavy atom. The number of aliphatic hydroxyl groups is 1. The van der Waals surface area contributed by atoms with E-state index < -0.39 is 0 Å². The van der Waals surface area contributed by atoms with Crippen LogP contribution in [0.25, 0.3) is 0 Å². The Morgan fingerprint density at radius 2 is 2.15 bits per heavy atom. The summed E-state index contributed by atoms with van der Waals surface area (Å²) in [6.45, 7) is 0.157. The van der Waals surface area contributed by atoms with Gasteiger partial charge in [0, 0.05) is 19.8 Å². The summed E-state index contributed by atoms with van der Waals surface area (Å²) < 4.78 is 10.3. The minimum Gasteiger partial charge on any atom is -0.484 e. The van der Waals surface area contributed by atoms with Crippen molar-refractivity contribution < 1.29 is 19.4 Å². The molecule has 0 spiro atoms. The van der Waals surface area contributed by atoms with Crippen LogP contribution in [0.5, 0.6) is 5.75 Å². The molecule has 0 fully saturated rings. The van der Waals surface area contributed by atoms with Crippen LogP contribution < -0.4 is 10.1 Å². The van der Waals surface area contributed by atoms with Gasteiger partial charge in [-0.3, -0.25) is 4.79 Å². The Labute approximate surface area is 127 Å². The molecule has 20 heavy (non-hydrogen) atoms. The molecule has 2 N–H and O–H groups in total. The molecule has 1 aromatic rings. The first-order valence-electron chi connectivity index (χ1n) is 6.03. The van der Waals surface area contributed by atoms with Crippen LogP contribution in [0.4, 0.5) is 0 Å². The average molecular weight is 322 g/mol. The molecule has 0 saturated heterocycles. The molecule has 0 bridgehead atoms. The third-order valence-corrected chi connectivity index (χ3v) is 3.21. The van der Waals surface area contributed by atoms with E-state index in [1.54, 1.807) is 12.1 Å². The van der Waals surface area contributed by atoms with Crippen molar-refractivity contribution in [2.24, 2.45) is 0 Å². The maximum atomic E-state index is 11.7. The Balaban J connectivity index is 2.43. The number of carbonyl (C=O) groups excluding carboxylic acids is 1. The normalized spacial score (nSPS) is 12.0. The minimum absolute atomic E-state index is 0.0258. The summed E-state index contributed by atoms with van der Waals surface area (Å²) in [6, 6.07) is 4.52. The van der Waals surface area contributed by atoms with Crippen LogP contribution in [0.3, 0.4) is 0 Å². The number of ether oxygens (including phenoxy) is 2. The number of methoxy groups -OCH3 is 1. The summed E-state index contributed by atoms with van der Waals surface area (Å²) in [6.07, 6.45) is 0.423. The summed E-state index contributed by atoms with van der Waals surface area (Å²) in [5.41, 5.74) is 0. The van der Waals surface area contributed by atoms with Gasteiger partial charge in [-0.25, -0.2) is 0 Å². The number of nitrogens with one attached hydrogen (secondary N) is 1. The second-order valence-electron chi connectivity index (χ2n) is 4.10. The number of halogens is 2. The van der Waals surface area contributed by atoms with E-state index in [2.05, 4.69) is 5.32 Å². The first-order chi connectivity index (χ1) is 9.56. The van der Waals surface area contributed by atoms with Crippen LogP contribution in [0, 0.1) is 0 Å². The highest BCUT2D eigenvalue weighted by molar-refractivity contribution is 6.42. The van der Waals surface area contributed by atoms with Crippen LogP contribution in [-0.4, -0.2) is 44.0 Å². The van der Waals surface area contributed by atoms with Gasteiger partial charge in [0.05, 0.1) is 22.7 Å². The molecule has 0 heterocycles. The molecule has 1 atom stereocenters. The van der Waals surface area contributed by atoms with Crippen molar-refractivity contribution in [3.05, 3.63) is 28.2 Å². The third-order valence-electron chi connectivity index (χ3n) is 2.47. The van der Waals surface area contributed by atoms with Crippen molar-refractivity contribution in [3.8, 4) is 5.75 Å². The SMILES string of the molecule is COCC(CCO)NC(=O)COc1ccc(Cl)c(Cl)c1. The van der Waals surface area contributed by atoms with Gasteiger partial charge in [0.25, 0.3) is 5.91 Å². The van der Waals surface area contributed by atoms with Gasteiger partial charge in [-0.05, 0) is 18.6 Å². The molecule has 5 nitrogen and oxygen atoms in total. The number of hydrogen-bond donors (Lipinski definition) is 2. The third kappa shape index (κ3) is 5.96. The number of aliphatic hydroxyl groups excluding tert-OH is 1. The topological polar surface area (TPSA) is 67.8 Å². The fraction of sp³-hybridized carbons (Fsp3) is 0.462. The first kappa shape index (κ1) is 17.0. The van der Waals surface area contributed by atoms with Gasteiger partial charge in [-0.1, -0.05) is 23.2 Å². The molecule has 1 amide bonds. The molecule has 0 saturated carbocycles. The van der Waals surface area contributed by atoms with E-state index in [0.717, 1.165) is 0 Å². The Hall–Kier alpha value is -1.01. The standard InChI is InChI=1S/C13H17Cl2NO4/c1-19-7-9(4-5-17)16-13(18)8-20-10-2-3-11(14)12(15)6-10/h2-3,6,9,17H,4-5,7-8H2,1H3,(H,16,18). The Bertz CT molecular complexity index is 436. The summed E-state index contributed by atoms with van der Waals surface area (Å²) in [7, 11) is 1.53. The first-order valence-corrected chi connectivity index (χ1v) is 6.79. The predicted octanol–water partition coefficient (Wildman–Crippen LogP) is 1.89. The van der Waals surface area contributed by atoms with Gasteiger partial charge < -0.3 is 19.9 Å². The van der Waals surface area contributed by atoms with Gasteiger partial charge in [-0.15, -0.1) is 0 Å². The smallest absolute Gasteiger partial charge is 0.258 e. The number of hydrogen-bond acceptors (Lipinski definition) is 4. The van der Waals surface area contributed by atoms with Crippen LogP contribution in [0.1, 0.15) is 6.42 Å². The summed E-state index contributed by atoms with van der Waals surface area (Å²) in [5.74, 6) is 0.159. The molecule has 0 aliphatic rings. The Kier molecular flexibility index (Phi) is 7.69. The Morgan fingerprint density at radius 3 is 2.75 bits per heavy atom. The summed E-state index contributed by atoms with van der Waals surface area (Å²) >= 11 is 11.6. The van der Waals surface area contributed by atoms with E-state index >= 15 is 0 Å². The maximum absolute atomic E-state index is 11.7. The number of benzene rings is 1. The van der Waals surface area contributed by atoms with Gasteiger partial charge in [-0.2, -0.15) is 0 Å². The van der Waals surface area contributed by atoms with Gasteiger partial charge in [0.2, 0.25) is 0 Å². The van der Waals surface area contributed by atoms with E-state index in [4.69, 9.17) is 37.8 Å². The van der Waals surface area contributed by atoms with Crippen LogP contribution >= 0.6 is 23.2 Å². The molecular weight excluding hydrogens is 305 g/mol. The molecule has 0 aliphatic carbocycles. The van der Waals surface area contributed by atoms with Crippen molar-refractivity contribution in [3.63, 3.8) is 0 Å². The second-order valence-corrected chi connectivity index (χ2v) is 4.91. The molecule has 1 unspecified atom stereocenters. The molecule has 112 valence electrons. The molecular formula is C13H17Cl2NO4. The monoisotopic (exact) mass is 321 g/mol. The van der Waals surface area contributed by atoms with E-state index in [-0.39, 0.29) is 25.2 Å². The van der Waals surface area contributed by atoms with Crippen molar-refractivity contribution in [1.29, 1.82) is 0 Å². The zero-order chi connectivity index (χ0) is 15.0. The van der Waals surface area contributed by atoms with Crippen LogP contribution in [-0.2, 0) is 9.53 Å². The lowest BCUT2D eigenvalue weighted by Crippen LogP contribution is -2.41. The van der Waals surface area contributed by atoms with Gasteiger partial charge in [0.15, 0.2) is 6.61 Å². The van der Waals surface area contributed by atoms with Gasteiger partial charge in [0.1, 0.15) is 5.75 Å². The van der Waals surface area contributed by atoms with Crippen LogP contribution in [0.2, 0.25) is 10.0 Å². The fourth-order valence-electron chi connectivity index (χ4n) is 1.54. The van der Waals surface area contributed by atoms with Gasteiger partial charge >= 0.3 is 0 Å². The average Bonchev–Trinajstić information content (AvgIpc) is 2.41. The largest absolute Gasteiger partial charge is 0.484 e. The van der Waals surface area contributed by atoms with Crippen molar-refractivity contribution in [2.45, 2.75) is 12.5 Å².